The van der Waals surface area contributed by atoms with Crippen LogP contribution in [0.25, 0.3) is 0 Å². The van der Waals surface area contributed by atoms with Crippen LogP contribution < -0.4 is 4.74 Å². The molecule has 0 spiro atoms. The Morgan fingerprint density at radius 1 is 1.42 bits per heavy atom. The van der Waals surface area contributed by atoms with E-state index in [-0.39, 0.29) is 5.78 Å². The minimum Gasteiger partial charge on any atom is -0.496 e. The zero-order valence-corrected chi connectivity index (χ0v) is 12.7. The average molecular weight is 263 g/mol. The highest BCUT2D eigenvalue weighted by molar-refractivity contribution is 5.94. The van der Waals surface area contributed by atoms with Crippen LogP contribution in [0.15, 0.2) is 18.2 Å². The number of Topliss-reactive ketones (excluding diaryl/α,β-unsaturated/α-hetero) is 1. The van der Waals surface area contributed by atoms with E-state index in [4.69, 9.17) is 4.74 Å². The second-order valence-electron chi connectivity index (χ2n) is 5.14. The van der Waals surface area contributed by atoms with Crippen LogP contribution in [0.1, 0.15) is 49.5 Å². The molecule has 0 N–H and O–H groups in total. The summed E-state index contributed by atoms with van der Waals surface area (Å²) < 4.78 is 5.38. The maximum Gasteiger partial charge on any atom is 0.159 e. The van der Waals surface area contributed by atoms with E-state index in [1.807, 2.05) is 18.2 Å². The van der Waals surface area contributed by atoms with E-state index < -0.39 is 0 Å². The Kier molecular flexibility index (Phi) is 6.03. The second kappa shape index (κ2) is 7.29. The van der Waals surface area contributed by atoms with Gasteiger partial charge in [0.05, 0.1) is 7.11 Å². The molecular formula is C16H25NO2. The first-order valence-electron chi connectivity index (χ1n) is 6.87. The van der Waals surface area contributed by atoms with Gasteiger partial charge in [0.25, 0.3) is 0 Å². The van der Waals surface area contributed by atoms with Crippen molar-refractivity contribution < 1.29 is 9.53 Å². The molecular weight excluding hydrogens is 238 g/mol. The predicted molar refractivity (Wildman–Crippen MR) is 78.8 cm³/mol. The molecule has 0 radical (unpaired) electrons. The van der Waals surface area contributed by atoms with E-state index in [1.54, 1.807) is 14.0 Å². The van der Waals surface area contributed by atoms with Gasteiger partial charge >= 0.3 is 0 Å². The van der Waals surface area contributed by atoms with Crippen molar-refractivity contribution in [1.82, 2.24) is 4.90 Å². The quantitative estimate of drug-likeness (QED) is 0.705. The molecule has 3 nitrogen and oxygen atoms in total. The Labute approximate surface area is 116 Å². The van der Waals surface area contributed by atoms with Crippen molar-refractivity contribution in [3.8, 4) is 5.75 Å². The Morgan fingerprint density at radius 2 is 2.11 bits per heavy atom. The molecule has 106 valence electrons. The largest absolute Gasteiger partial charge is 0.496 e. The smallest absolute Gasteiger partial charge is 0.159 e. The van der Waals surface area contributed by atoms with Crippen LogP contribution in [0.5, 0.6) is 5.75 Å². The second-order valence-corrected chi connectivity index (χ2v) is 5.14. The summed E-state index contributed by atoms with van der Waals surface area (Å²) >= 11 is 0. The van der Waals surface area contributed by atoms with Gasteiger partial charge in [0.2, 0.25) is 0 Å². The summed E-state index contributed by atoms with van der Waals surface area (Å²) in [5.41, 5.74) is 1.81. The number of ketones is 1. The van der Waals surface area contributed by atoms with E-state index in [0.29, 0.717) is 6.04 Å². The molecule has 19 heavy (non-hydrogen) atoms. The standard InChI is InChI=1S/C16H25NO2/c1-6-7-12(2)17(4)11-15-10-14(13(3)18)8-9-16(15)19-5/h8-10,12H,6-7,11H2,1-5H3. The van der Waals surface area contributed by atoms with Crippen LogP contribution >= 0.6 is 0 Å². The molecule has 0 aromatic heterocycles. The maximum atomic E-state index is 11.5. The summed E-state index contributed by atoms with van der Waals surface area (Å²) in [4.78, 5) is 13.8. The lowest BCUT2D eigenvalue weighted by molar-refractivity contribution is 0.101. The Bertz CT molecular complexity index is 429. The highest BCUT2D eigenvalue weighted by Crippen LogP contribution is 2.22. The summed E-state index contributed by atoms with van der Waals surface area (Å²) in [6.45, 7) is 6.81. The zero-order valence-electron chi connectivity index (χ0n) is 12.7. The van der Waals surface area contributed by atoms with Crippen LogP contribution in [-0.2, 0) is 6.54 Å². The topological polar surface area (TPSA) is 29.5 Å². The minimum absolute atomic E-state index is 0.0909. The molecule has 0 saturated carbocycles. The van der Waals surface area contributed by atoms with Crippen molar-refractivity contribution in [3.05, 3.63) is 29.3 Å². The molecule has 0 aliphatic heterocycles. The third-order valence-corrected chi connectivity index (χ3v) is 3.57. The molecule has 0 aliphatic carbocycles. The SMILES string of the molecule is CCCC(C)N(C)Cc1cc(C(C)=O)ccc1OC. The van der Waals surface area contributed by atoms with Gasteiger partial charge in [0, 0.05) is 23.7 Å². The van der Waals surface area contributed by atoms with Crippen LogP contribution in [0.4, 0.5) is 0 Å². The lowest BCUT2D eigenvalue weighted by atomic mass is 10.1. The van der Waals surface area contributed by atoms with Gasteiger partial charge in [-0.3, -0.25) is 9.69 Å². The first kappa shape index (κ1) is 15.7. The number of ether oxygens (including phenoxy) is 1. The summed E-state index contributed by atoms with van der Waals surface area (Å²) in [7, 11) is 3.78. The van der Waals surface area contributed by atoms with Crippen LogP contribution in [0.3, 0.4) is 0 Å². The Hall–Kier alpha value is -1.35. The number of rotatable bonds is 7. The van der Waals surface area contributed by atoms with Gasteiger partial charge in [-0.1, -0.05) is 13.3 Å². The van der Waals surface area contributed by atoms with Gasteiger partial charge in [0.15, 0.2) is 5.78 Å². The van der Waals surface area contributed by atoms with Gasteiger partial charge < -0.3 is 4.74 Å². The predicted octanol–water partition coefficient (Wildman–Crippen LogP) is 3.52. The maximum absolute atomic E-state index is 11.5. The summed E-state index contributed by atoms with van der Waals surface area (Å²) in [6, 6.07) is 6.16. The van der Waals surface area contributed by atoms with Gasteiger partial charge in [-0.05, 0) is 45.5 Å². The monoisotopic (exact) mass is 263 g/mol. The lowest BCUT2D eigenvalue weighted by Crippen LogP contribution is -2.28. The molecule has 0 amide bonds. The van der Waals surface area contributed by atoms with Crippen molar-refractivity contribution >= 4 is 5.78 Å². The van der Waals surface area contributed by atoms with Crippen molar-refractivity contribution in [1.29, 1.82) is 0 Å². The number of carbonyl (C=O) groups excluding carboxylic acids is 1. The summed E-state index contributed by atoms with van der Waals surface area (Å²) in [6.07, 6.45) is 2.35. The first-order chi connectivity index (χ1) is 8.99. The summed E-state index contributed by atoms with van der Waals surface area (Å²) in [5.74, 6) is 0.939. The molecule has 0 bridgehead atoms. The number of methoxy groups -OCH3 is 1. The van der Waals surface area contributed by atoms with Crippen LogP contribution in [0, 0.1) is 0 Å². The molecule has 3 heteroatoms. The number of benzene rings is 1. The molecule has 0 saturated heterocycles. The third kappa shape index (κ3) is 4.35. The molecule has 0 fully saturated rings. The number of carbonyl (C=O) groups is 1. The highest BCUT2D eigenvalue weighted by atomic mass is 16.5. The molecule has 1 unspecified atom stereocenters. The fraction of sp³-hybridized carbons (Fsp3) is 0.562. The normalized spacial score (nSPS) is 12.5. The van der Waals surface area contributed by atoms with Gasteiger partial charge in [-0.2, -0.15) is 0 Å². The molecule has 0 aliphatic rings. The number of hydrogen-bond acceptors (Lipinski definition) is 3. The first-order valence-corrected chi connectivity index (χ1v) is 6.87. The molecule has 1 rings (SSSR count). The minimum atomic E-state index is 0.0909. The van der Waals surface area contributed by atoms with Crippen molar-refractivity contribution in [2.45, 2.75) is 46.2 Å². The van der Waals surface area contributed by atoms with Crippen molar-refractivity contribution in [2.75, 3.05) is 14.2 Å². The van der Waals surface area contributed by atoms with E-state index in [9.17, 15) is 4.79 Å². The average Bonchev–Trinajstić information content (AvgIpc) is 2.38. The highest BCUT2D eigenvalue weighted by Gasteiger charge is 2.13. The van der Waals surface area contributed by atoms with E-state index in [2.05, 4.69) is 25.8 Å². The zero-order chi connectivity index (χ0) is 14.4. The van der Waals surface area contributed by atoms with Gasteiger partial charge in [0.1, 0.15) is 5.75 Å². The van der Waals surface area contributed by atoms with Gasteiger partial charge in [-0.15, -0.1) is 0 Å². The molecule has 1 aromatic rings. The van der Waals surface area contributed by atoms with Crippen molar-refractivity contribution in [2.24, 2.45) is 0 Å². The molecule has 0 heterocycles. The number of nitrogens with zero attached hydrogens (tertiary/aromatic N) is 1. The van der Waals surface area contributed by atoms with E-state index in [0.717, 1.165) is 23.4 Å². The van der Waals surface area contributed by atoms with Crippen LogP contribution in [0.2, 0.25) is 0 Å². The third-order valence-electron chi connectivity index (χ3n) is 3.57. The van der Waals surface area contributed by atoms with Crippen molar-refractivity contribution in [3.63, 3.8) is 0 Å². The fourth-order valence-corrected chi connectivity index (χ4v) is 2.18. The van der Waals surface area contributed by atoms with Gasteiger partial charge in [-0.25, -0.2) is 0 Å². The molecule has 1 aromatic carbocycles. The fourth-order valence-electron chi connectivity index (χ4n) is 2.18. The number of hydrogen-bond donors (Lipinski definition) is 0. The summed E-state index contributed by atoms with van der Waals surface area (Å²) in [5, 5.41) is 0. The Morgan fingerprint density at radius 3 is 2.63 bits per heavy atom. The van der Waals surface area contributed by atoms with Crippen LogP contribution in [-0.4, -0.2) is 30.9 Å². The van der Waals surface area contributed by atoms with E-state index in [1.165, 1.54) is 12.8 Å². The Balaban J connectivity index is 2.91. The lowest BCUT2D eigenvalue weighted by Gasteiger charge is -2.25. The molecule has 1 atom stereocenters. The van der Waals surface area contributed by atoms with E-state index >= 15 is 0 Å².